The van der Waals surface area contributed by atoms with Gasteiger partial charge in [0.15, 0.2) is 0 Å². The zero-order chi connectivity index (χ0) is 13.8. The van der Waals surface area contributed by atoms with Crippen molar-refractivity contribution in [3.63, 3.8) is 0 Å². The molecule has 0 atom stereocenters. The average Bonchev–Trinajstić information content (AvgIpc) is 2.31. The maximum absolute atomic E-state index is 11.2. The Balaban J connectivity index is 2.93. The van der Waals surface area contributed by atoms with E-state index >= 15 is 0 Å². The fourth-order valence-electron chi connectivity index (χ4n) is 1.73. The highest BCUT2D eigenvalue weighted by atomic mass is 16.6. The highest BCUT2D eigenvalue weighted by Crippen LogP contribution is 2.28. The van der Waals surface area contributed by atoms with E-state index in [9.17, 15) is 9.90 Å². The number of phenols is 1. The van der Waals surface area contributed by atoms with Gasteiger partial charge in [-0.15, -0.1) is 0 Å². The molecule has 0 aliphatic rings. The summed E-state index contributed by atoms with van der Waals surface area (Å²) in [6.07, 6.45) is 3.13. The Morgan fingerprint density at radius 1 is 1.44 bits per heavy atom. The Morgan fingerprint density at radius 3 is 2.67 bits per heavy atom. The van der Waals surface area contributed by atoms with Gasteiger partial charge in [-0.3, -0.25) is 0 Å². The quantitative estimate of drug-likeness (QED) is 0.641. The van der Waals surface area contributed by atoms with Crippen LogP contribution in [0.15, 0.2) is 37.4 Å². The summed E-state index contributed by atoms with van der Waals surface area (Å²) in [6, 6.07) is 5.40. The number of hydrogen-bond donors (Lipinski definition) is 1. The molecule has 0 aliphatic heterocycles. The summed E-state index contributed by atoms with van der Waals surface area (Å²) < 4.78 is 5.23. The van der Waals surface area contributed by atoms with Gasteiger partial charge >= 0.3 is 5.97 Å². The number of benzene rings is 1. The molecule has 0 radical (unpaired) electrons. The van der Waals surface area contributed by atoms with E-state index in [1.807, 2.05) is 6.07 Å². The second-order valence-electron chi connectivity index (χ2n) is 4.62. The average molecular weight is 246 g/mol. The van der Waals surface area contributed by atoms with Gasteiger partial charge in [0.25, 0.3) is 0 Å². The smallest absolute Gasteiger partial charge is 0.330 e. The van der Waals surface area contributed by atoms with Gasteiger partial charge < -0.3 is 9.84 Å². The van der Waals surface area contributed by atoms with E-state index in [1.165, 1.54) is 0 Å². The predicted molar refractivity (Wildman–Crippen MR) is 72.3 cm³/mol. The second-order valence-corrected chi connectivity index (χ2v) is 4.62. The molecular formula is C15H18O3. The molecule has 0 aromatic heterocycles. The van der Waals surface area contributed by atoms with Gasteiger partial charge in [-0.25, -0.2) is 4.79 Å². The molecule has 0 saturated carbocycles. The lowest BCUT2D eigenvalue weighted by atomic mass is 9.96. The molecule has 0 bridgehead atoms. The van der Waals surface area contributed by atoms with Gasteiger partial charge in [0.1, 0.15) is 11.4 Å². The third-order valence-corrected chi connectivity index (χ3v) is 2.53. The molecule has 0 spiro atoms. The van der Waals surface area contributed by atoms with Gasteiger partial charge in [-0.1, -0.05) is 37.4 Å². The Kier molecular flexibility index (Phi) is 4.32. The van der Waals surface area contributed by atoms with Crippen LogP contribution in [0.3, 0.4) is 0 Å². The lowest BCUT2D eigenvalue weighted by Crippen LogP contribution is -2.29. The standard InChI is InChI=1S/C15H18O3/c1-5-11-8-7-9-12(14(11)17)10-15(3,4)18-13(16)6-2/h5-9,17H,1-2,10H2,3-4H3. The van der Waals surface area contributed by atoms with Crippen molar-refractivity contribution >= 4 is 12.0 Å². The number of phenolic OH excluding ortho intramolecular Hbond substituents is 1. The molecule has 0 fully saturated rings. The summed E-state index contributed by atoms with van der Waals surface area (Å²) in [5.74, 6) is -0.297. The van der Waals surface area contributed by atoms with Crippen molar-refractivity contribution in [2.45, 2.75) is 25.9 Å². The van der Waals surface area contributed by atoms with Crippen LogP contribution in [0.25, 0.3) is 6.08 Å². The van der Waals surface area contributed by atoms with Crippen LogP contribution in [0.5, 0.6) is 5.75 Å². The molecule has 1 rings (SSSR count). The maximum Gasteiger partial charge on any atom is 0.330 e. The van der Waals surface area contributed by atoms with Gasteiger partial charge in [-0.2, -0.15) is 0 Å². The van der Waals surface area contributed by atoms with E-state index < -0.39 is 11.6 Å². The Bertz CT molecular complexity index is 473. The molecular weight excluding hydrogens is 228 g/mol. The highest BCUT2D eigenvalue weighted by molar-refractivity contribution is 5.81. The van der Waals surface area contributed by atoms with Gasteiger partial charge in [0.2, 0.25) is 0 Å². The SMILES string of the molecule is C=CC(=O)OC(C)(C)Cc1cccc(C=C)c1O. The number of hydrogen-bond acceptors (Lipinski definition) is 3. The molecule has 96 valence electrons. The van der Waals surface area contributed by atoms with E-state index in [2.05, 4.69) is 13.2 Å². The van der Waals surface area contributed by atoms with Crippen molar-refractivity contribution < 1.29 is 14.6 Å². The Hall–Kier alpha value is -2.03. The number of aromatic hydroxyl groups is 1. The van der Waals surface area contributed by atoms with Gasteiger partial charge in [0, 0.05) is 18.1 Å². The highest BCUT2D eigenvalue weighted by Gasteiger charge is 2.24. The number of rotatable bonds is 5. The van der Waals surface area contributed by atoms with E-state index in [4.69, 9.17) is 4.74 Å². The van der Waals surface area contributed by atoms with Crippen molar-refractivity contribution in [1.29, 1.82) is 0 Å². The zero-order valence-corrected chi connectivity index (χ0v) is 10.8. The minimum Gasteiger partial charge on any atom is -0.507 e. The third kappa shape index (κ3) is 3.48. The van der Waals surface area contributed by atoms with E-state index in [0.29, 0.717) is 17.5 Å². The Morgan fingerprint density at radius 2 is 2.11 bits per heavy atom. The molecule has 0 heterocycles. The number of ether oxygens (including phenoxy) is 1. The lowest BCUT2D eigenvalue weighted by molar-refractivity contribution is -0.149. The largest absolute Gasteiger partial charge is 0.507 e. The summed E-state index contributed by atoms with van der Waals surface area (Å²) >= 11 is 0. The molecule has 1 aromatic carbocycles. The first-order valence-electron chi connectivity index (χ1n) is 5.68. The minimum atomic E-state index is -0.706. The lowest BCUT2D eigenvalue weighted by Gasteiger charge is -2.25. The Labute approximate surface area is 107 Å². The predicted octanol–water partition coefficient (Wildman–Crippen LogP) is 3.09. The van der Waals surface area contributed by atoms with Gasteiger partial charge in [-0.05, 0) is 19.4 Å². The normalized spacial score (nSPS) is 10.8. The molecule has 1 aromatic rings. The van der Waals surface area contributed by atoms with Crippen LogP contribution >= 0.6 is 0 Å². The molecule has 3 heteroatoms. The first kappa shape index (κ1) is 14.0. The van der Waals surface area contributed by atoms with Crippen molar-refractivity contribution in [2.75, 3.05) is 0 Å². The monoisotopic (exact) mass is 246 g/mol. The first-order valence-corrected chi connectivity index (χ1v) is 5.68. The van der Waals surface area contributed by atoms with Crippen molar-refractivity contribution in [2.24, 2.45) is 0 Å². The fourth-order valence-corrected chi connectivity index (χ4v) is 1.73. The first-order chi connectivity index (χ1) is 8.39. The molecule has 0 aliphatic carbocycles. The van der Waals surface area contributed by atoms with Crippen LogP contribution in [0.1, 0.15) is 25.0 Å². The number of para-hydroxylation sites is 1. The van der Waals surface area contributed by atoms with Crippen LogP contribution in [0, 0.1) is 0 Å². The number of carbonyl (C=O) groups is 1. The maximum atomic E-state index is 11.2. The van der Waals surface area contributed by atoms with E-state index in [-0.39, 0.29) is 5.75 Å². The topological polar surface area (TPSA) is 46.5 Å². The van der Waals surface area contributed by atoms with Crippen LogP contribution in [0.4, 0.5) is 0 Å². The summed E-state index contributed by atoms with van der Waals surface area (Å²) in [5.41, 5.74) is 0.676. The molecule has 0 amide bonds. The number of carbonyl (C=O) groups excluding carboxylic acids is 1. The fraction of sp³-hybridized carbons (Fsp3) is 0.267. The molecule has 0 unspecified atom stereocenters. The molecule has 1 N–H and O–H groups in total. The van der Waals surface area contributed by atoms with E-state index in [0.717, 1.165) is 6.08 Å². The molecule has 0 saturated heterocycles. The summed E-state index contributed by atoms with van der Waals surface area (Å²) in [6.45, 7) is 10.6. The summed E-state index contributed by atoms with van der Waals surface area (Å²) in [5, 5.41) is 10.0. The van der Waals surface area contributed by atoms with Crippen molar-refractivity contribution in [1.82, 2.24) is 0 Å². The van der Waals surface area contributed by atoms with Crippen LogP contribution < -0.4 is 0 Å². The summed E-state index contributed by atoms with van der Waals surface area (Å²) in [7, 11) is 0. The number of esters is 1. The second kappa shape index (κ2) is 5.54. The summed E-state index contributed by atoms with van der Waals surface area (Å²) in [4.78, 5) is 11.2. The molecule has 3 nitrogen and oxygen atoms in total. The zero-order valence-electron chi connectivity index (χ0n) is 10.8. The third-order valence-electron chi connectivity index (χ3n) is 2.53. The van der Waals surface area contributed by atoms with Crippen molar-refractivity contribution in [3.8, 4) is 5.75 Å². The van der Waals surface area contributed by atoms with Crippen LogP contribution in [-0.4, -0.2) is 16.7 Å². The van der Waals surface area contributed by atoms with Crippen LogP contribution in [0.2, 0.25) is 0 Å². The van der Waals surface area contributed by atoms with Gasteiger partial charge in [0.05, 0.1) is 0 Å². The van der Waals surface area contributed by atoms with Crippen LogP contribution in [-0.2, 0) is 16.0 Å². The minimum absolute atomic E-state index is 0.176. The molecule has 18 heavy (non-hydrogen) atoms. The van der Waals surface area contributed by atoms with E-state index in [1.54, 1.807) is 32.1 Å². The van der Waals surface area contributed by atoms with Crippen molar-refractivity contribution in [3.05, 3.63) is 48.6 Å².